The van der Waals surface area contributed by atoms with Gasteiger partial charge in [0.2, 0.25) is 5.91 Å². The molecular weight excluding hydrogens is 238 g/mol. The van der Waals surface area contributed by atoms with Gasteiger partial charge in [0, 0.05) is 12.6 Å². The van der Waals surface area contributed by atoms with Crippen LogP contribution in [0.3, 0.4) is 0 Å². The molecule has 0 fully saturated rings. The zero-order chi connectivity index (χ0) is 14.8. The second-order valence-corrected chi connectivity index (χ2v) is 5.66. The number of amides is 1. The summed E-state index contributed by atoms with van der Waals surface area (Å²) in [5, 5.41) is 3.08. The lowest BCUT2D eigenvalue weighted by atomic mass is 9.94. The third-order valence-corrected chi connectivity index (χ3v) is 3.79. The monoisotopic (exact) mass is 271 g/mol. The van der Waals surface area contributed by atoms with Crippen molar-refractivity contribution in [3.63, 3.8) is 0 Å². The lowest BCUT2D eigenvalue weighted by molar-refractivity contribution is -0.126. The molecule has 0 saturated carbocycles. The van der Waals surface area contributed by atoms with Crippen LogP contribution in [-0.2, 0) is 4.79 Å². The molecule has 114 valence electrons. The van der Waals surface area contributed by atoms with E-state index in [-0.39, 0.29) is 17.9 Å². The number of nitrogens with zero attached hydrogens (tertiary/aromatic N) is 1. The molecule has 0 aliphatic heterocycles. The van der Waals surface area contributed by atoms with Gasteiger partial charge < -0.3 is 16.0 Å². The van der Waals surface area contributed by atoms with Crippen molar-refractivity contribution in [3.8, 4) is 0 Å². The van der Waals surface area contributed by atoms with Gasteiger partial charge in [-0.25, -0.2) is 0 Å². The van der Waals surface area contributed by atoms with E-state index < -0.39 is 0 Å². The Morgan fingerprint density at radius 2 is 1.79 bits per heavy atom. The molecule has 2 unspecified atom stereocenters. The zero-order valence-electron chi connectivity index (χ0n) is 13.4. The van der Waals surface area contributed by atoms with E-state index in [4.69, 9.17) is 5.73 Å². The number of nitrogens with two attached hydrogens (primary N) is 1. The highest BCUT2D eigenvalue weighted by molar-refractivity contribution is 5.79. The predicted octanol–water partition coefficient (Wildman–Crippen LogP) is 1.84. The van der Waals surface area contributed by atoms with Gasteiger partial charge >= 0.3 is 0 Å². The van der Waals surface area contributed by atoms with Crippen LogP contribution in [0.2, 0.25) is 0 Å². The number of nitrogens with one attached hydrogen (secondary N) is 1. The van der Waals surface area contributed by atoms with Crippen LogP contribution >= 0.6 is 0 Å². The average Bonchev–Trinajstić information content (AvgIpc) is 2.34. The largest absolute Gasteiger partial charge is 0.353 e. The van der Waals surface area contributed by atoms with Crippen LogP contribution in [0, 0.1) is 11.8 Å². The van der Waals surface area contributed by atoms with Crippen molar-refractivity contribution in [2.75, 3.05) is 26.2 Å². The van der Waals surface area contributed by atoms with Crippen molar-refractivity contribution in [1.82, 2.24) is 10.2 Å². The minimum absolute atomic E-state index is 0.0646. The molecule has 4 heteroatoms. The Labute approximate surface area is 119 Å². The SMILES string of the molecule is CCN(CC)CCCC(C)NC(=O)C(CN)C(C)C. The molecule has 0 aromatic heterocycles. The van der Waals surface area contributed by atoms with Gasteiger partial charge in [0.15, 0.2) is 0 Å². The zero-order valence-corrected chi connectivity index (χ0v) is 13.4. The van der Waals surface area contributed by atoms with Gasteiger partial charge in [-0.1, -0.05) is 27.7 Å². The summed E-state index contributed by atoms with van der Waals surface area (Å²) in [5.74, 6) is 0.339. The first-order valence-corrected chi connectivity index (χ1v) is 7.68. The molecule has 0 saturated heterocycles. The molecule has 0 aliphatic rings. The first kappa shape index (κ1) is 18.4. The normalized spacial score (nSPS) is 14.7. The highest BCUT2D eigenvalue weighted by atomic mass is 16.2. The van der Waals surface area contributed by atoms with Crippen LogP contribution in [0.1, 0.15) is 47.5 Å². The van der Waals surface area contributed by atoms with Crippen LogP contribution in [0.25, 0.3) is 0 Å². The number of hydrogen-bond acceptors (Lipinski definition) is 3. The van der Waals surface area contributed by atoms with Crippen LogP contribution in [0.5, 0.6) is 0 Å². The fourth-order valence-corrected chi connectivity index (χ4v) is 2.26. The first-order valence-electron chi connectivity index (χ1n) is 7.68. The van der Waals surface area contributed by atoms with E-state index in [0.717, 1.165) is 32.5 Å². The number of carbonyl (C=O) groups excluding carboxylic acids is 1. The van der Waals surface area contributed by atoms with Gasteiger partial charge in [-0.2, -0.15) is 0 Å². The van der Waals surface area contributed by atoms with Crippen molar-refractivity contribution < 1.29 is 4.79 Å². The molecule has 1 amide bonds. The van der Waals surface area contributed by atoms with Gasteiger partial charge in [0.1, 0.15) is 0 Å². The van der Waals surface area contributed by atoms with Gasteiger partial charge in [0.25, 0.3) is 0 Å². The Morgan fingerprint density at radius 3 is 2.21 bits per heavy atom. The van der Waals surface area contributed by atoms with E-state index >= 15 is 0 Å². The van der Waals surface area contributed by atoms with Crippen LogP contribution < -0.4 is 11.1 Å². The molecule has 0 radical (unpaired) electrons. The summed E-state index contributed by atoms with van der Waals surface area (Å²) in [7, 11) is 0. The fourth-order valence-electron chi connectivity index (χ4n) is 2.26. The highest BCUT2D eigenvalue weighted by Crippen LogP contribution is 2.10. The highest BCUT2D eigenvalue weighted by Gasteiger charge is 2.21. The summed E-state index contributed by atoms with van der Waals surface area (Å²) < 4.78 is 0. The summed E-state index contributed by atoms with van der Waals surface area (Å²) in [6.45, 7) is 14.3. The molecule has 19 heavy (non-hydrogen) atoms. The summed E-state index contributed by atoms with van der Waals surface area (Å²) in [5.41, 5.74) is 5.66. The molecular formula is C15H33N3O. The molecule has 0 bridgehead atoms. The average molecular weight is 271 g/mol. The van der Waals surface area contributed by atoms with E-state index in [9.17, 15) is 4.79 Å². The minimum atomic E-state index is -0.0646. The van der Waals surface area contributed by atoms with E-state index in [1.54, 1.807) is 0 Å². The maximum absolute atomic E-state index is 12.0. The lowest BCUT2D eigenvalue weighted by Crippen LogP contribution is -2.42. The van der Waals surface area contributed by atoms with E-state index in [1.165, 1.54) is 0 Å². The molecule has 3 N–H and O–H groups in total. The van der Waals surface area contributed by atoms with Crippen molar-refractivity contribution in [1.29, 1.82) is 0 Å². The molecule has 0 aromatic rings. The van der Waals surface area contributed by atoms with Gasteiger partial charge in [-0.3, -0.25) is 4.79 Å². The maximum Gasteiger partial charge on any atom is 0.224 e. The molecule has 0 spiro atoms. The summed E-state index contributed by atoms with van der Waals surface area (Å²) >= 11 is 0. The summed E-state index contributed by atoms with van der Waals surface area (Å²) in [6, 6.07) is 0.232. The van der Waals surface area contributed by atoms with E-state index in [0.29, 0.717) is 12.5 Å². The van der Waals surface area contributed by atoms with Gasteiger partial charge in [-0.15, -0.1) is 0 Å². The Bertz CT molecular complexity index is 240. The van der Waals surface area contributed by atoms with E-state index in [1.807, 2.05) is 13.8 Å². The van der Waals surface area contributed by atoms with Crippen molar-refractivity contribution >= 4 is 5.91 Å². The fraction of sp³-hybridized carbons (Fsp3) is 0.933. The van der Waals surface area contributed by atoms with Crippen LogP contribution in [0.4, 0.5) is 0 Å². The quantitative estimate of drug-likeness (QED) is 0.637. The second kappa shape index (κ2) is 10.2. The molecule has 2 atom stereocenters. The molecule has 4 nitrogen and oxygen atoms in total. The smallest absolute Gasteiger partial charge is 0.224 e. The van der Waals surface area contributed by atoms with Gasteiger partial charge in [0.05, 0.1) is 5.92 Å². The topological polar surface area (TPSA) is 58.4 Å². The Hall–Kier alpha value is -0.610. The molecule has 0 rings (SSSR count). The standard InChI is InChI=1S/C15H33N3O/c1-6-18(7-2)10-8-9-13(5)17-15(19)14(11-16)12(3)4/h12-14H,6-11,16H2,1-5H3,(H,17,19). The maximum atomic E-state index is 12.0. The second-order valence-electron chi connectivity index (χ2n) is 5.66. The Morgan fingerprint density at radius 1 is 1.21 bits per heavy atom. The lowest BCUT2D eigenvalue weighted by Gasteiger charge is -2.23. The van der Waals surface area contributed by atoms with Crippen LogP contribution in [-0.4, -0.2) is 43.0 Å². The summed E-state index contributed by atoms with van der Waals surface area (Å²) in [6.07, 6.45) is 2.15. The first-order chi connectivity index (χ1) is 8.96. The molecule has 0 aromatic carbocycles. The van der Waals surface area contributed by atoms with Crippen LogP contribution in [0.15, 0.2) is 0 Å². The summed E-state index contributed by atoms with van der Waals surface area (Å²) in [4.78, 5) is 14.4. The Balaban J connectivity index is 3.97. The minimum Gasteiger partial charge on any atom is -0.353 e. The number of carbonyl (C=O) groups is 1. The van der Waals surface area contributed by atoms with Crippen molar-refractivity contribution in [2.45, 2.75) is 53.5 Å². The van der Waals surface area contributed by atoms with Crippen molar-refractivity contribution in [2.24, 2.45) is 17.6 Å². The third-order valence-electron chi connectivity index (χ3n) is 3.79. The molecule has 0 aliphatic carbocycles. The number of rotatable bonds is 10. The Kier molecular flexibility index (Phi) is 9.88. The molecule has 0 heterocycles. The predicted molar refractivity (Wildman–Crippen MR) is 82.0 cm³/mol. The van der Waals surface area contributed by atoms with Crippen molar-refractivity contribution in [3.05, 3.63) is 0 Å². The number of hydrogen-bond donors (Lipinski definition) is 2. The third kappa shape index (κ3) is 7.53. The van der Waals surface area contributed by atoms with Gasteiger partial charge in [-0.05, 0) is 45.3 Å². The van der Waals surface area contributed by atoms with E-state index in [2.05, 4.69) is 31.0 Å².